The molecule has 0 saturated carbocycles. The number of ether oxygens (including phenoxy) is 2. The molecule has 2 saturated heterocycles. The predicted octanol–water partition coefficient (Wildman–Crippen LogP) is -4.83. The SMILES string of the molecule is NCC1O[C@H](OP(=O)(O)OP(=O)(O)OCC2OC(n3ccc(=O)[nH]c3=O)C(O)C2O)[C@@H](O)[C@H](O)C1O. The highest BCUT2D eigenvalue weighted by atomic mass is 31.3. The average Bonchev–Trinajstić information content (AvgIpc) is 3.06. The largest absolute Gasteiger partial charge is 0.483 e. The number of aromatic nitrogens is 2. The van der Waals surface area contributed by atoms with Crippen molar-refractivity contribution in [2.24, 2.45) is 5.73 Å². The minimum absolute atomic E-state index is 0.398. The Bertz CT molecular complexity index is 1130. The van der Waals surface area contributed by atoms with Gasteiger partial charge in [-0.15, -0.1) is 0 Å². The van der Waals surface area contributed by atoms with Crippen molar-refractivity contribution in [3.05, 3.63) is 33.1 Å². The van der Waals surface area contributed by atoms with Gasteiger partial charge >= 0.3 is 21.3 Å². The van der Waals surface area contributed by atoms with Gasteiger partial charge in [0.1, 0.15) is 42.7 Å². The van der Waals surface area contributed by atoms with Crippen LogP contribution in [0.4, 0.5) is 0 Å². The maximum Gasteiger partial charge on any atom is 0.483 e. The number of H-pyrrole nitrogens is 1. The van der Waals surface area contributed by atoms with E-state index in [2.05, 4.69) is 13.4 Å². The van der Waals surface area contributed by atoms with Crippen LogP contribution in [0.3, 0.4) is 0 Å². The van der Waals surface area contributed by atoms with Gasteiger partial charge < -0.3 is 50.5 Å². The van der Waals surface area contributed by atoms with Crippen molar-refractivity contribution in [2.45, 2.75) is 55.2 Å². The highest BCUT2D eigenvalue weighted by molar-refractivity contribution is 7.61. The molecular weight excluding hydrogens is 540 g/mol. The van der Waals surface area contributed by atoms with Crippen LogP contribution in [0.2, 0.25) is 0 Å². The number of phosphoric acid groups is 2. The Morgan fingerprint density at radius 2 is 1.58 bits per heavy atom. The molecule has 11 atom stereocenters. The fraction of sp³-hybridized carbons (Fsp3) is 0.733. The lowest BCUT2D eigenvalue weighted by Crippen LogP contribution is -2.59. The van der Waals surface area contributed by atoms with Crippen molar-refractivity contribution in [1.82, 2.24) is 9.55 Å². The zero-order valence-corrected chi connectivity index (χ0v) is 19.8. The quantitative estimate of drug-likeness (QED) is 0.127. The molecule has 206 valence electrons. The molecule has 0 radical (unpaired) electrons. The van der Waals surface area contributed by atoms with E-state index >= 15 is 0 Å². The Hall–Kier alpha value is -1.38. The summed E-state index contributed by atoms with van der Waals surface area (Å²) in [5, 5.41) is 49.6. The lowest BCUT2D eigenvalue weighted by molar-refractivity contribution is -0.273. The van der Waals surface area contributed by atoms with Crippen molar-refractivity contribution in [3.63, 3.8) is 0 Å². The minimum atomic E-state index is -5.55. The Balaban J connectivity index is 1.61. The molecule has 0 bridgehead atoms. The van der Waals surface area contributed by atoms with Crippen LogP contribution in [0, 0.1) is 0 Å². The van der Waals surface area contributed by atoms with Crippen molar-refractivity contribution in [3.8, 4) is 0 Å². The maximum absolute atomic E-state index is 12.2. The first-order chi connectivity index (χ1) is 16.7. The Labute approximate surface area is 200 Å². The molecule has 3 heterocycles. The molecule has 21 heteroatoms. The summed E-state index contributed by atoms with van der Waals surface area (Å²) in [4.78, 5) is 44.6. The highest BCUT2D eigenvalue weighted by Gasteiger charge is 2.49. The van der Waals surface area contributed by atoms with Crippen molar-refractivity contribution in [2.75, 3.05) is 13.2 Å². The fourth-order valence-electron chi connectivity index (χ4n) is 3.39. The van der Waals surface area contributed by atoms with Gasteiger partial charge in [-0.25, -0.2) is 13.9 Å². The molecule has 36 heavy (non-hydrogen) atoms. The molecule has 1 aromatic heterocycles. The van der Waals surface area contributed by atoms with E-state index in [1.165, 1.54) is 0 Å². The maximum atomic E-state index is 12.2. The fourth-order valence-corrected chi connectivity index (χ4v) is 5.55. The van der Waals surface area contributed by atoms with E-state index < -0.39 is 95.3 Å². The van der Waals surface area contributed by atoms with E-state index in [1.807, 2.05) is 4.98 Å². The number of hydrogen-bond acceptors (Lipinski definition) is 15. The van der Waals surface area contributed by atoms with Gasteiger partial charge in [-0.2, -0.15) is 4.31 Å². The lowest BCUT2D eigenvalue weighted by atomic mass is 9.99. The molecule has 2 aliphatic rings. The molecule has 3 rings (SSSR count). The second-order valence-corrected chi connectivity index (χ2v) is 10.7. The molecule has 2 aliphatic heterocycles. The van der Waals surface area contributed by atoms with Gasteiger partial charge in [0, 0.05) is 18.8 Å². The summed E-state index contributed by atoms with van der Waals surface area (Å²) in [5.41, 5.74) is 3.59. The summed E-state index contributed by atoms with van der Waals surface area (Å²) in [6, 6.07) is 0.935. The molecule has 0 amide bonds. The van der Waals surface area contributed by atoms with Crippen LogP contribution in [0.5, 0.6) is 0 Å². The number of hydrogen-bond donors (Lipinski definition) is 9. The number of nitrogens with zero attached hydrogens (tertiary/aromatic N) is 1. The summed E-state index contributed by atoms with van der Waals surface area (Å²) in [5.74, 6) is 0. The van der Waals surface area contributed by atoms with E-state index in [1.54, 1.807) is 0 Å². The Morgan fingerprint density at radius 3 is 2.19 bits per heavy atom. The van der Waals surface area contributed by atoms with E-state index in [-0.39, 0.29) is 0 Å². The first-order valence-electron chi connectivity index (χ1n) is 10.1. The number of rotatable bonds is 9. The molecule has 0 aliphatic carbocycles. The number of nitrogens with two attached hydrogens (primary N) is 1. The average molecular weight is 565 g/mol. The zero-order valence-electron chi connectivity index (χ0n) is 18.0. The van der Waals surface area contributed by atoms with Gasteiger partial charge in [0.15, 0.2) is 12.5 Å². The van der Waals surface area contributed by atoms with Crippen molar-refractivity contribution >= 4 is 15.6 Å². The highest BCUT2D eigenvalue weighted by Crippen LogP contribution is 2.61. The van der Waals surface area contributed by atoms with Gasteiger partial charge in [0.05, 0.1) is 6.61 Å². The first-order valence-corrected chi connectivity index (χ1v) is 13.1. The number of nitrogens with one attached hydrogen (secondary N) is 1. The number of aromatic amines is 1. The summed E-state index contributed by atoms with van der Waals surface area (Å²) < 4.78 is 48.4. The molecule has 0 spiro atoms. The third-order valence-electron chi connectivity index (χ3n) is 5.21. The van der Waals surface area contributed by atoms with Gasteiger partial charge in [-0.3, -0.25) is 23.4 Å². The standard InChI is InChI=1S/C15H25N3O16P2/c16-3-5-8(20)10(22)12(24)14(32-5)33-36(28,29)34-35(26,27)30-4-6-9(21)11(23)13(31-6)18-2-1-7(19)17-15(18)25/h1-2,5-6,8-14,20-24H,3-4,16H2,(H,26,27)(H,28,29)(H,17,19,25)/t5?,6?,8?,9?,10-,11?,12+,13?,14-/m1/s1. The van der Waals surface area contributed by atoms with Gasteiger partial charge in [0.25, 0.3) is 5.56 Å². The van der Waals surface area contributed by atoms with Crippen LogP contribution >= 0.6 is 15.6 Å². The molecule has 1 aromatic rings. The third-order valence-corrected chi connectivity index (χ3v) is 7.81. The van der Waals surface area contributed by atoms with Crippen LogP contribution in [-0.2, 0) is 32.0 Å². The van der Waals surface area contributed by atoms with E-state index in [0.717, 1.165) is 16.8 Å². The van der Waals surface area contributed by atoms with Gasteiger partial charge in [0.2, 0.25) is 0 Å². The van der Waals surface area contributed by atoms with Crippen LogP contribution in [-0.4, -0.2) is 107 Å². The van der Waals surface area contributed by atoms with Crippen LogP contribution < -0.4 is 17.0 Å². The van der Waals surface area contributed by atoms with Crippen LogP contribution in [0.25, 0.3) is 0 Å². The molecule has 10 N–H and O–H groups in total. The number of aliphatic hydroxyl groups is 5. The first kappa shape index (κ1) is 29.2. The molecular formula is C15H25N3O16P2. The Kier molecular flexibility index (Phi) is 9.05. The third kappa shape index (κ3) is 6.54. The molecule has 19 nitrogen and oxygen atoms in total. The second kappa shape index (κ2) is 11.2. The second-order valence-electron chi connectivity index (χ2n) is 7.73. The minimum Gasteiger partial charge on any atom is -0.388 e. The van der Waals surface area contributed by atoms with Crippen molar-refractivity contribution in [1.29, 1.82) is 0 Å². The smallest absolute Gasteiger partial charge is 0.388 e. The van der Waals surface area contributed by atoms with Crippen LogP contribution in [0.15, 0.2) is 21.9 Å². The summed E-state index contributed by atoms with van der Waals surface area (Å²) in [7, 11) is -11.0. The molecule has 8 unspecified atom stereocenters. The molecule has 2 fully saturated rings. The topological polar surface area (TPSA) is 303 Å². The molecule has 0 aromatic carbocycles. The van der Waals surface area contributed by atoms with Crippen LogP contribution in [0.1, 0.15) is 6.23 Å². The van der Waals surface area contributed by atoms with Crippen molar-refractivity contribution < 1.29 is 67.3 Å². The van der Waals surface area contributed by atoms with E-state index in [0.29, 0.717) is 0 Å². The van der Waals surface area contributed by atoms with Gasteiger partial charge in [-0.1, -0.05) is 0 Å². The summed E-state index contributed by atoms with van der Waals surface area (Å²) >= 11 is 0. The number of phosphoric ester groups is 2. The van der Waals surface area contributed by atoms with E-state index in [4.69, 9.17) is 15.2 Å². The lowest BCUT2D eigenvalue weighted by Gasteiger charge is -2.39. The Morgan fingerprint density at radius 1 is 0.944 bits per heavy atom. The predicted molar refractivity (Wildman–Crippen MR) is 111 cm³/mol. The van der Waals surface area contributed by atoms with Gasteiger partial charge in [-0.05, 0) is 0 Å². The normalized spacial score (nSPS) is 38.4. The summed E-state index contributed by atoms with van der Waals surface area (Å²) in [6.07, 6.45) is -14.8. The monoisotopic (exact) mass is 565 g/mol. The summed E-state index contributed by atoms with van der Waals surface area (Å²) in [6.45, 7) is -1.41. The number of aliphatic hydroxyl groups excluding tert-OH is 5. The zero-order chi connectivity index (χ0) is 27.0. The van der Waals surface area contributed by atoms with E-state index in [9.17, 15) is 54.0 Å².